The second kappa shape index (κ2) is 6.41. The van der Waals surface area contributed by atoms with Gasteiger partial charge in [-0.25, -0.2) is 13.1 Å². The minimum atomic E-state index is -3.14. The summed E-state index contributed by atoms with van der Waals surface area (Å²) in [5.74, 6) is 0.645. The van der Waals surface area contributed by atoms with Crippen LogP contribution in [0.5, 0.6) is 5.75 Å². The maximum absolute atomic E-state index is 10.9. The van der Waals surface area contributed by atoms with Crippen molar-refractivity contribution >= 4 is 21.6 Å². The lowest BCUT2D eigenvalue weighted by Gasteiger charge is -2.12. The summed E-state index contributed by atoms with van der Waals surface area (Å²) in [6.07, 6.45) is 1.80. The van der Waals surface area contributed by atoms with E-state index >= 15 is 0 Å². The van der Waals surface area contributed by atoms with Gasteiger partial charge in [-0.1, -0.05) is 17.7 Å². The zero-order valence-corrected chi connectivity index (χ0v) is 12.3. The van der Waals surface area contributed by atoms with Crippen molar-refractivity contribution in [2.75, 3.05) is 12.8 Å². The Balaban J connectivity index is 2.61. The molecule has 102 valence electrons. The molecule has 0 amide bonds. The zero-order valence-electron chi connectivity index (χ0n) is 10.7. The summed E-state index contributed by atoms with van der Waals surface area (Å²) in [5, 5.41) is 0.542. The molecule has 0 aliphatic rings. The Labute approximate surface area is 113 Å². The van der Waals surface area contributed by atoms with Crippen LogP contribution in [0.2, 0.25) is 5.02 Å². The Morgan fingerprint density at radius 2 is 2.06 bits per heavy atom. The molecule has 4 nitrogen and oxygen atoms in total. The molecule has 0 aliphatic carbocycles. The predicted molar refractivity (Wildman–Crippen MR) is 73.8 cm³/mol. The van der Waals surface area contributed by atoms with Crippen molar-refractivity contribution in [2.45, 2.75) is 26.4 Å². The number of rotatable bonds is 6. The highest BCUT2D eigenvalue weighted by atomic mass is 35.5. The fraction of sp³-hybridized carbons (Fsp3) is 0.500. The highest BCUT2D eigenvalue weighted by Crippen LogP contribution is 2.26. The molecule has 0 heterocycles. The third kappa shape index (κ3) is 5.71. The second-order valence-corrected chi connectivity index (χ2v) is 6.59. The van der Waals surface area contributed by atoms with E-state index in [1.54, 1.807) is 12.1 Å². The number of halogens is 1. The smallest absolute Gasteiger partial charge is 0.208 e. The van der Waals surface area contributed by atoms with Crippen LogP contribution < -0.4 is 9.46 Å². The molecule has 0 spiro atoms. The first-order chi connectivity index (χ1) is 8.28. The van der Waals surface area contributed by atoms with Crippen LogP contribution in [0.15, 0.2) is 18.2 Å². The van der Waals surface area contributed by atoms with E-state index in [1.165, 1.54) is 0 Å². The fourth-order valence-corrected chi connectivity index (χ4v) is 2.15. The van der Waals surface area contributed by atoms with E-state index in [0.717, 1.165) is 11.8 Å². The Morgan fingerprint density at radius 3 is 2.56 bits per heavy atom. The standard InChI is InChI=1S/C12H18ClNO3S/c1-9(2)17-12-5-4-10(8-11(12)13)6-7-14-18(3,15)16/h4-5,8-9,14H,6-7H2,1-3H3. The van der Waals surface area contributed by atoms with Crippen LogP contribution in [-0.2, 0) is 16.4 Å². The first-order valence-electron chi connectivity index (χ1n) is 5.67. The summed E-state index contributed by atoms with van der Waals surface area (Å²) in [6.45, 7) is 4.22. The number of benzene rings is 1. The summed E-state index contributed by atoms with van der Waals surface area (Å²) < 4.78 is 29.8. The summed E-state index contributed by atoms with van der Waals surface area (Å²) in [7, 11) is -3.14. The van der Waals surface area contributed by atoms with E-state index in [4.69, 9.17) is 16.3 Å². The van der Waals surface area contributed by atoms with Gasteiger partial charge < -0.3 is 4.74 Å². The SMILES string of the molecule is CC(C)Oc1ccc(CCNS(C)(=O)=O)cc1Cl. The van der Waals surface area contributed by atoms with Crippen molar-refractivity contribution in [1.29, 1.82) is 0 Å². The molecule has 0 saturated carbocycles. The molecular weight excluding hydrogens is 274 g/mol. The number of ether oxygens (including phenoxy) is 1. The summed E-state index contributed by atoms with van der Waals surface area (Å²) in [4.78, 5) is 0. The molecule has 0 fully saturated rings. The molecule has 0 atom stereocenters. The molecular formula is C12H18ClNO3S. The minimum Gasteiger partial charge on any atom is -0.489 e. The molecule has 0 radical (unpaired) electrons. The number of nitrogens with one attached hydrogen (secondary N) is 1. The lowest BCUT2D eigenvalue weighted by molar-refractivity contribution is 0.242. The monoisotopic (exact) mass is 291 g/mol. The van der Waals surface area contributed by atoms with E-state index in [1.807, 2.05) is 19.9 Å². The van der Waals surface area contributed by atoms with E-state index < -0.39 is 10.0 Å². The first-order valence-corrected chi connectivity index (χ1v) is 7.94. The van der Waals surface area contributed by atoms with Gasteiger partial charge in [0, 0.05) is 6.54 Å². The van der Waals surface area contributed by atoms with Crippen molar-refractivity contribution in [3.05, 3.63) is 28.8 Å². The predicted octanol–water partition coefficient (Wildman–Crippen LogP) is 2.22. The third-order valence-corrected chi connectivity index (χ3v) is 3.16. The van der Waals surface area contributed by atoms with Gasteiger partial charge in [-0.2, -0.15) is 0 Å². The van der Waals surface area contributed by atoms with Gasteiger partial charge in [0.15, 0.2) is 0 Å². The van der Waals surface area contributed by atoms with Crippen molar-refractivity contribution in [3.63, 3.8) is 0 Å². The zero-order chi connectivity index (χ0) is 13.8. The lowest BCUT2D eigenvalue weighted by atomic mass is 10.1. The van der Waals surface area contributed by atoms with E-state index in [2.05, 4.69) is 4.72 Å². The minimum absolute atomic E-state index is 0.0697. The van der Waals surface area contributed by atoms with Crippen molar-refractivity contribution < 1.29 is 13.2 Å². The highest BCUT2D eigenvalue weighted by Gasteiger charge is 2.06. The average Bonchev–Trinajstić information content (AvgIpc) is 2.19. The molecule has 0 bridgehead atoms. The summed E-state index contributed by atoms with van der Waals surface area (Å²) in [5.41, 5.74) is 0.965. The van der Waals surface area contributed by atoms with Gasteiger partial charge in [0.1, 0.15) is 5.75 Å². The summed E-state index contributed by atoms with van der Waals surface area (Å²) >= 11 is 6.08. The largest absolute Gasteiger partial charge is 0.489 e. The van der Waals surface area contributed by atoms with E-state index in [9.17, 15) is 8.42 Å². The van der Waals surface area contributed by atoms with Gasteiger partial charge in [-0.05, 0) is 38.0 Å². The third-order valence-electron chi connectivity index (χ3n) is 2.14. The molecule has 1 aromatic carbocycles. The van der Waals surface area contributed by atoms with Crippen molar-refractivity contribution in [3.8, 4) is 5.75 Å². The molecule has 6 heteroatoms. The molecule has 0 aromatic heterocycles. The van der Waals surface area contributed by atoms with E-state index in [-0.39, 0.29) is 6.10 Å². The normalized spacial score (nSPS) is 11.8. The topological polar surface area (TPSA) is 55.4 Å². The summed E-state index contributed by atoms with van der Waals surface area (Å²) in [6, 6.07) is 5.48. The molecule has 1 N–H and O–H groups in total. The van der Waals surface area contributed by atoms with Crippen LogP contribution in [0, 0.1) is 0 Å². The van der Waals surface area contributed by atoms with Crippen LogP contribution in [0.3, 0.4) is 0 Å². The van der Waals surface area contributed by atoms with Gasteiger partial charge in [-0.15, -0.1) is 0 Å². The maximum atomic E-state index is 10.9. The van der Waals surface area contributed by atoms with Crippen LogP contribution in [0.25, 0.3) is 0 Å². The van der Waals surface area contributed by atoms with Gasteiger partial charge in [-0.3, -0.25) is 0 Å². The Morgan fingerprint density at radius 1 is 1.39 bits per heavy atom. The van der Waals surface area contributed by atoms with Crippen LogP contribution in [0.4, 0.5) is 0 Å². The number of hydrogen-bond donors (Lipinski definition) is 1. The second-order valence-electron chi connectivity index (χ2n) is 4.35. The quantitative estimate of drug-likeness (QED) is 0.874. The van der Waals surface area contributed by atoms with E-state index in [0.29, 0.717) is 23.7 Å². The average molecular weight is 292 g/mol. The Kier molecular flexibility index (Phi) is 5.44. The molecule has 0 aliphatic heterocycles. The molecule has 18 heavy (non-hydrogen) atoms. The van der Waals surface area contributed by atoms with Crippen molar-refractivity contribution in [1.82, 2.24) is 4.72 Å². The van der Waals surface area contributed by atoms with Gasteiger partial charge in [0.2, 0.25) is 10.0 Å². The highest BCUT2D eigenvalue weighted by molar-refractivity contribution is 7.88. The molecule has 0 unspecified atom stereocenters. The molecule has 1 rings (SSSR count). The van der Waals surface area contributed by atoms with Crippen LogP contribution >= 0.6 is 11.6 Å². The fourth-order valence-electron chi connectivity index (χ4n) is 1.43. The lowest BCUT2D eigenvalue weighted by Crippen LogP contribution is -2.24. The van der Waals surface area contributed by atoms with Gasteiger partial charge in [0.05, 0.1) is 17.4 Å². The van der Waals surface area contributed by atoms with Crippen molar-refractivity contribution in [2.24, 2.45) is 0 Å². The Bertz CT molecular complexity index is 500. The maximum Gasteiger partial charge on any atom is 0.208 e. The molecule has 0 saturated heterocycles. The number of sulfonamides is 1. The van der Waals surface area contributed by atoms with Crippen LogP contribution in [-0.4, -0.2) is 27.3 Å². The first kappa shape index (κ1) is 15.3. The van der Waals surface area contributed by atoms with Gasteiger partial charge in [0.25, 0.3) is 0 Å². The van der Waals surface area contributed by atoms with Crippen LogP contribution in [0.1, 0.15) is 19.4 Å². The van der Waals surface area contributed by atoms with Gasteiger partial charge >= 0.3 is 0 Å². The number of hydrogen-bond acceptors (Lipinski definition) is 3. The molecule has 1 aromatic rings. The Hall–Kier alpha value is -0.780.